The highest BCUT2D eigenvalue weighted by Gasteiger charge is 2.17. The molecule has 1 aromatic carbocycles. The third kappa shape index (κ3) is 5.82. The summed E-state index contributed by atoms with van der Waals surface area (Å²) in [6.45, 7) is 3.56. The zero-order valence-corrected chi connectivity index (χ0v) is 12.9. The molecule has 0 aliphatic heterocycles. The van der Waals surface area contributed by atoms with Gasteiger partial charge in [-0.15, -0.1) is 0 Å². The summed E-state index contributed by atoms with van der Waals surface area (Å²) in [5.41, 5.74) is 0.763. The largest absolute Gasteiger partial charge is 0.481 e. The number of nitrogens with one attached hydrogen (secondary N) is 1. The van der Waals surface area contributed by atoms with E-state index in [0.29, 0.717) is 6.42 Å². The molecular weight excluding hydrogens is 294 g/mol. The molecular formula is C14H21NO5S. The van der Waals surface area contributed by atoms with Crippen LogP contribution >= 0.6 is 0 Å². The average Bonchev–Trinajstić information content (AvgIpc) is 2.43. The maximum absolute atomic E-state index is 12.0. The first-order chi connectivity index (χ1) is 9.72. The molecule has 1 aromatic rings. The summed E-state index contributed by atoms with van der Waals surface area (Å²) < 4.78 is 26.4. The molecule has 0 aliphatic rings. The van der Waals surface area contributed by atoms with Crippen LogP contribution in [0, 0.1) is 5.92 Å². The van der Waals surface area contributed by atoms with E-state index in [4.69, 9.17) is 5.11 Å². The Kier molecular flexibility index (Phi) is 6.32. The van der Waals surface area contributed by atoms with E-state index in [0.717, 1.165) is 5.56 Å². The summed E-state index contributed by atoms with van der Waals surface area (Å²) >= 11 is 0. The summed E-state index contributed by atoms with van der Waals surface area (Å²) in [4.78, 5) is 10.6. The molecule has 1 rings (SSSR count). The molecule has 0 fully saturated rings. The van der Waals surface area contributed by atoms with Gasteiger partial charge in [-0.25, -0.2) is 13.1 Å². The van der Waals surface area contributed by atoms with Crippen LogP contribution in [-0.2, 0) is 21.2 Å². The first-order valence-electron chi connectivity index (χ1n) is 6.71. The highest BCUT2D eigenvalue weighted by Crippen LogP contribution is 2.12. The van der Waals surface area contributed by atoms with E-state index >= 15 is 0 Å². The molecule has 21 heavy (non-hydrogen) atoms. The molecule has 3 N–H and O–H groups in total. The highest BCUT2D eigenvalue weighted by molar-refractivity contribution is 7.89. The van der Waals surface area contributed by atoms with E-state index < -0.39 is 22.1 Å². The number of benzene rings is 1. The molecule has 0 amide bonds. The fraction of sp³-hybridized carbons (Fsp3) is 0.500. The highest BCUT2D eigenvalue weighted by atomic mass is 32.2. The third-order valence-electron chi connectivity index (χ3n) is 3.11. The van der Waals surface area contributed by atoms with Gasteiger partial charge in [-0.2, -0.15) is 0 Å². The lowest BCUT2D eigenvalue weighted by molar-refractivity contribution is -0.136. The quantitative estimate of drug-likeness (QED) is 0.664. The standard InChI is InChI=1S/C14H21NO5S/c1-10(2)13(16)9-15-21(19,20)12-6-3-11(4-7-12)5-8-14(17)18/h3-4,6-7,10,13,15-16H,5,8-9H2,1-2H3,(H,17,18). The lowest BCUT2D eigenvalue weighted by Gasteiger charge is -2.15. The molecule has 1 unspecified atom stereocenters. The first kappa shape index (κ1) is 17.6. The lowest BCUT2D eigenvalue weighted by atomic mass is 10.1. The van der Waals surface area contributed by atoms with Crippen molar-refractivity contribution in [1.82, 2.24) is 4.72 Å². The van der Waals surface area contributed by atoms with Gasteiger partial charge in [0.2, 0.25) is 10.0 Å². The smallest absolute Gasteiger partial charge is 0.303 e. The van der Waals surface area contributed by atoms with E-state index in [1.165, 1.54) is 12.1 Å². The van der Waals surface area contributed by atoms with Crippen LogP contribution in [-0.4, -0.2) is 37.2 Å². The molecule has 118 valence electrons. The second kappa shape index (κ2) is 7.53. The average molecular weight is 315 g/mol. The Morgan fingerprint density at radius 3 is 2.29 bits per heavy atom. The van der Waals surface area contributed by atoms with E-state index in [1.54, 1.807) is 26.0 Å². The van der Waals surface area contributed by atoms with Crippen molar-refractivity contribution < 1.29 is 23.4 Å². The van der Waals surface area contributed by atoms with Gasteiger partial charge in [-0.3, -0.25) is 4.79 Å². The molecule has 0 bridgehead atoms. The minimum absolute atomic E-state index is 0.00489. The van der Waals surface area contributed by atoms with Gasteiger partial charge in [0.15, 0.2) is 0 Å². The number of sulfonamides is 1. The van der Waals surface area contributed by atoms with Crippen molar-refractivity contribution in [2.24, 2.45) is 5.92 Å². The van der Waals surface area contributed by atoms with Gasteiger partial charge >= 0.3 is 5.97 Å². The van der Waals surface area contributed by atoms with Gasteiger partial charge in [-0.1, -0.05) is 26.0 Å². The summed E-state index contributed by atoms with van der Waals surface area (Å²) in [5, 5.41) is 18.2. The summed E-state index contributed by atoms with van der Waals surface area (Å²) in [5.74, 6) is -0.929. The molecule has 7 heteroatoms. The molecule has 0 radical (unpaired) electrons. The topological polar surface area (TPSA) is 104 Å². The normalized spacial score (nSPS) is 13.3. The van der Waals surface area contributed by atoms with Gasteiger partial charge in [0, 0.05) is 13.0 Å². The maximum Gasteiger partial charge on any atom is 0.303 e. The monoisotopic (exact) mass is 315 g/mol. The van der Waals surface area contributed by atoms with Crippen LogP contribution in [0.4, 0.5) is 0 Å². The molecule has 0 saturated heterocycles. The van der Waals surface area contributed by atoms with Crippen molar-refractivity contribution in [3.05, 3.63) is 29.8 Å². The van der Waals surface area contributed by atoms with Gasteiger partial charge in [-0.05, 0) is 30.0 Å². The van der Waals surface area contributed by atoms with E-state index in [1.807, 2.05) is 0 Å². The predicted molar refractivity (Wildman–Crippen MR) is 78.4 cm³/mol. The Morgan fingerprint density at radius 2 is 1.81 bits per heavy atom. The van der Waals surface area contributed by atoms with Gasteiger partial charge in [0.05, 0.1) is 11.0 Å². The van der Waals surface area contributed by atoms with Crippen molar-refractivity contribution >= 4 is 16.0 Å². The molecule has 0 aliphatic carbocycles. The minimum atomic E-state index is -3.66. The number of hydrogen-bond acceptors (Lipinski definition) is 4. The van der Waals surface area contributed by atoms with Crippen molar-refractivity contribution in [1.29, 1.82) is 0 Å². The van der Waals surface area contributed by atoms with Crippen molar-refractivity contribution in [3.63, 3.8) is 0 Å². The Labute approximate surface area is 124 Å². The number of aliphatic carboxylic acids is 1. The Morgan fingerprint density at radius 1 is 1.24 bits per heavy atom. The number of aliphatic hydroxyl groups is 1. The molecule has 0 saturated carbocycles. The van der Waals surface area contributed by atoms with E-state index in [-0.39, 0.29) is 23.8 Å². The number of carboxylic acid groups (broad SMARTS) is 1. The first-order valence-corrected chi connectivity index (χ1v) is 8.19. The predicted octanol–water partition coefficient (Wildman–Crippen LogP) is 0.999. The van der Waals surface area contributed by atoms with E-state index in [2.05, 4.69) is 4.72 Å². The second-order valence-corrected chi connectivity index (χ2v) is 6.97. The van der Waals surface area contributed by atoms with Crippen LogP contribution in [0.15, 0.2) is 29.2 Å². The van der Waals surface area contributed by atoms with Crippen LogP contribution < -0.4 is 4.72 Å². The third-order valence-corrected chi connectivity index (χ3v) is 4.55. The van der Waals surface area contributed by atoms with Crippen molar-refractivity contribution in [3.8, 4) is 0 Å². The SMILES string of the molecule is CC(C)C(O)CNS(=O)(=O)c1ccc(CCC(=O)O)cc1. The number of carbonyl (C=O) groups is 1. The molecule has 0 spiro atoms. The number of hydrogen-bond donors (Lipinski definition) is 3. The van der Waals surface area contributed by atoms with Crippen molar-refractivity contribution in [2.45, 2.75) is 37.7 Å². The van der Waals surface area contributed by atoms with Crippen LogP contribution in [0.1, 0.15) is 25.8 Å². The van der Waals surface area contributed by atoms with Gasteiger partial charge in [0.1, 0.15) is 0 Å². The maximum atomic E-state index is 12.0. The number of rotatable bonds is 8. The van der Waals surface area contributed by atoms with Crippen LogP contribution in [0.2, 0.25) is 0 Å². The molecule has 1 atom stereocenters. The fourth-order valence-corrected chi connectivity index (χ4v) is 2.65. The van der Waals surface area contributed by atoms with Gasteiger partial charge < -0.3 is 10.2 Å². The Bertz CT molecular complexity index is 566. The number of aliphatic hydroxyl groups excluding tert-OH is 1. The summed E-state index contributed by atoms with van der Waals surface area (Å²) in [6.07, 6.45) is -0.380. The number of carboxylic acids is 1. The van der Waals surface area contributed by atoms with Gasteiger partial charge in [0.25, 0.3) is 0 Å². The zero-order chi connectivity index (χ0) is 16.0. The summed E-state index contributed by atoms with van der Waals surface area (Å²) in [6, 6.07) is 6.05. The van der Waals surface area contributed by atoms with Crippen LogP contribution in [0.3, 0.4) is 0 Å². The molecule has 6 nitrogen and oxygen atoms in total. The molecule has 0 heterocycles. The number of aryl methyl sites for hydroxylation is 1. The zero-order valence-electron chi connectivity index (χ0n) is 12.1. The summed E-state index contributed by atoms with van der Waals surface area (Å²) in [7, 11) is -3.66. The molecule has 0 aromatic heterocycles. The minimum Gasteiger partial charge on any atom is -0.481 e. The lowest BCUT2D eigenvalue weighted by Crippen LogP contribution is -2.34. The van der Waals surface area contributed by atoms with E-state index in [9.17, 15) is 18.3 Å². The second-order valence-electron chi connectivity index (χ2n) is 5.20. The Balaban J connectivity index is 2.69. The Hall–Kier alpha value is -1.44. The van der Waals surface area contributed by atoms with Crippen LogP contribution in [0.25, 0.3) is 0 Å². The van der Waals surface area contributed by atoms with Crippen molar-refractivity contribution in [2.75, 3.05) is 6.54 Å². The fourth-order valence-electron chi connectivity index (χ4n) is 1.60. The van der Waals surface area contributed by atoms with Crippen LogP contribution in [0.5, 0.6) is 0 Å².